The first kappa shape index (κ1) is 12.4. The molecule has 0 fully saturated rings. The lowest BCUT2D eigenvalue weighted by molar-refractivity contribution is -0.141. The number of esters is 1. The smallest absolute Gasteiger partial charge is 0.317 e. The average Bonchev–Trinajstić information content (AvgIpc) is 2.22. The molecular weight excluding hydrogens is 228 g/mol. The van der Waals surface area contributed by atoms with Crippen molar-refractivity contribution in [2.24, 2.45) is 0 Å². The third-order valence-electron chi connectivity index (χ3n) is 1.71. The average molecular weight is 239 g/mol. The van der Waals surface area contributed by atoms with Gasteiger partial charge in [0.25, 0.3) is 0 Å². The molecule has 0 bridgehead atoms. The highest BCUT2D eigenvalue weighted by Crippen LogP contribution is 2.20. The second kappa shape index (κ2) is 6.04. The van der Waals surface area contributed by atoms with Crippen LogP contribution >= 0.6 is 11.6 Å². The van der Waals surface area contributed by atoms with E-state index in [0.29, 0.717) is 17.2 Å². The Bertz CT molecular complexity index is 443. The van der Waals surface area contributed by atoms with Gasteiger partial charge < -0.3 is 9.84 Å². The molecule has 84 valence electrons. The van der Waals surface area contributed by atoms with Crippen LogP contribution < -0.4 is 0 Å². The van der Waals surface area contributed by atoms with Crippen LogP contribution in [0.15, 0.2) is 18.2 Å². The van der Waals surface area contributed by atoms with Gasteiger partial charge in [-0.05, 0) is 25.1 Å². The van der Waals surface area contributed by atoms with Gasteiger partial charge in [-0.1, -0.05) is 23.4 Å². The van der Waals surface area contributed by atoms with E-state index in [0.717, 1.165) is 0 Å². The number of carbonyl (C=O) groups excluding carboxylic acids is 1. The van der Waals surface area contributed by atoms with Crippen molar-refractivity contribution in [3.8, 4) is 17.6 Å². The van der Waals surface area contributed by atoms with E-state index in [1.54, 1.807) is 13.0 Å². The Balaban J connectivity index is 2.66. The Kier molecular flexibility index (Phi) is 4.68. The highest BCUT2D eigenvalue weighted by molar-refractivity contribution is 6.31. The van der Waals surface area contributed by atoms with Crippen LogP contribution in [0.5, 0.6) is 5.75 Å². The molecule has 0 radical (unpaired) electrons. The summed E-state index contributed by atoms with van der Waals surface area (Å²) in [7, 11) is 0. The lowest BCUT2D eigenvalue weighted by atomic mass is 10.2. The van der Waals surface area contributed by atoms with Gasteiger partial charge in [-0.2, -0.15) is 0 Å². The van der Waals surface area contributed by atoms with Gasteiger partial charge in [-0.3, -0.25) is 4.79 Å². The Morgan fingerprint density at radius 1 is 1.56 bits per heavy atom. The number of aromatic hydroxyl groups is 1. The fourth-order valence-electron chi connectivity index (χ4n) is 1.03. The molecule has 0 aliphatic rings. The molecule has 1 aromatic rings. The Labute approximate surface area is 99.0 Å². The second-order valence-corrected chi connectivity index (χ2v) is 3.35. The monoisotopic (exact) mass is 238 g/mol. The van der Waals surface area contributed by atoms with E-state index in [4.69, 9.17) is 21.4 Å². The van der Waals surface area contributed by atoms with Crippen molar-refractivity contribution in [1.82, 2.24) is 0 Å². The minimum Gasteiger partial charge on any atom is -0.508 e. The predicted octanol–water partition coefficient (Wildman–Crippen LogP) is 2.35. The third-order valence-corrected chi connectivity index (χ3v) is 2.03. The van der Waals surface area contributed by atoms with Crippen LogP contribution in [-0.2, 0) is 9.53 Å². The summed E-state index contributed by atoms with van der Waals surface area (Å²) in [6.45, 7) is 2.09. The fourth-order valence-corrected chi connectivity index (χ4v) is 1.25. The molecule has 0 saturated heterocycles. The zero-order chi connectivity index (χ0) is 12.0. The van der Waals surface area contributed by atoms with Crippen molar-refractivity contribution in [2.45, 2.75) is 13.3 Å². The van der Waals surface area contributed by atoms with Crippen LogP contribution in [0, 0.1) is 11.8 Å². The minimum atomic E-state index is -0.357. The molecule has 0 spiro atoms. The first-order valence-corrected chi connectivity index (χ1v) is 5.14. The maximum Gasteiger partial charge on any atom is 0.317 e. The molecule has 0 unspecified atom stereocenters. The van der Waals surface area contributed by atoms with Crippen molar-refractivity contribution < 1.29 is 14.6 Å². The van der Waals surface area contributed by atoms with E-state index in [-0.39, 0.29) is 18.1 Å². The van der Waals surface area contributed by atoms with Crippen LogP contribution in [0.25, 0.3) is 0 Å². The predicted molar refractivity (Wildman–Crippen MR) is 61.2 cm³/mol. The molecule has 3 nitrogen and oxygen atoms in total. The molecule has 0 heterocycles. The standard InChI is InChI=1S/C12H11ClO3/c1-2-16-12(15)5-3-4-9-6-7-10(14)8-11(9)13/h6-8,14H,2,5H2,1H3. The summed E-state index contributed by atoms with van der Waals surface area (Å²) in [4.78, 5) is 11.0. The van der Waals surface area contributed by atoms with Gasteiger partial charge in [0.15, 0.2) is 0 Å². The number of rotatable bonds is 2. The molecule has 1 N–H and O–H groups in total. The van der Waals surface area contributed by atoms with Gasteiger partial charge in [0, 0.05) is 5.56 Å². The van der Waals surface area contributed by atoms with Crippen molar-refractivity contribution >= 4 is 17.6 Å². The van der Waals surface area contributed by atoms with Gasteiger partial charge in [0.2, 0.25) is 0 Å². The van der Waals surface area contributed by atoms with E-state index >= 15 is 0 Å². The van der Waals surface area contributed by atoms with Gasteiger partial charge in [-0.25, -0.2) is 0 Å². The van der Waals surface area contributed by atoms with Crippen molar-refractivity contribution in [1.29, 1.82) is 0 Å². The number of phenols is 1. The number of halogens is 1. The van der Waals surface area contributed by atoms with Crippen LogP contribution in [0.4, 0.5) is 0 Å². The molecular formula is C12H11ClO3. The summed E-state index contributed by atoms with van der Waals surface area (Å²) < 4.78 is 4.71. The van der Waals surface area contributed by atoms with E-state index in [1.165, 1.54) is 12.1 Å². The maximum absolute atomic E-state index is 11.0. The van der Waals surface area contributed by atoms with Gasteiger partial charge >= 0.3 is 5.97 Å². The van der Waals surface area contributed by atoms with Gasteiger partial charge in [0.1, 0.15) is 12.2 Å². The Morgan fingerprint density at radius 2 is 2.31 bits per heavy atom. The van der Waals surface area contributed by atoms with Gasteiger partial charge in [0.05, 0.1) is 11.6 Å². The zero-order valence-electron chi connectivity index (χ0n) is 8.79. The van der Waals surface area contributed by atoms with Crippen LogP contribution in [0.1, 0.15) is 18.9 Å². The summed E-state index contributed by atoms with van der Waals surface area (Å²) in [5, 5.41) is 9.47. The summed E-state index contributed by atoms with van der Waals surface area (Å²) >= 11 is 5.83. The quantitative estimate of drug-likeness (QED) is 0.636. The van der Waals surface area contributed by atoms with Crippen molar-refractivity contribution in [3.05, 3.63) is 28.8 Å². The molecule has 16 heavy (non-hydrogen) atoms. The number of ether oxygens (including phenoxy) is 1. The normalized spacial score (nSPS) is 9.12. The topological polar surface area (TPSA) is 46.5 Å². The van der Waals surface area contributed by atoms with E-state index in [2.05, 4.69) is 11.8 Å². The highest BCUT2D eigenvalue weighted by atomic mass is 35.5. The number of carbonyl (C=O) groups is 1. The Morgan fingerprint density at radius 3 is 2.94 bits per heavy atom. The molecule has 0 aliphatic carbocycles. The first-order valence-electron chi connectivity index (χ1n) is 4.76. The first-order chi connectivity index (χ1) is 7.63. The van der Waals surface area contributed by atoms with Crippen LogP contribution in [0.2, 0.25) is 5.02 Å². The summed E-state index contributed by atoms with van der Waals surface area (Å²) in [5.74, 6) is 5.12. The van der Waals surface area contributed by atoms with E-state index < -0.39 is 0 Å². The molecule has 0 amide bonds. The number of hydrogen-bond acceptors (Lipinski definition) is 3. The number of phenolic OH excluding ortho intramolecular Hbond substituents is 1. The molecule has 1 rings (SSSR count). The molecule has 0 atom stereocenters. The Hall–Kier alpha value is -1.66. The number of hydrogen-bond donors (Lipinski definition) is 1. The molecule has 0 aliphatic heterocycles. The summed E-state index contributed by atoms with van der Waals surface area (Å²) in [5.41, 5.74) is 0.573. The molecule has 0 saturated carbocycles. The van der Waals surface area contributed by atoms with Gasteiger partial charge in [-0.15, -0.1) is 0 Å². The van der Waals surface area contributed by atoms with Crippen molar-refractivity contribution in [2.75, 3.05) is 6.61 Å². The van der Waals surface area contributed by atoms with Crippen molar-refractivity contribution in [3.63, 3.8) is 0 Å². The SMILES string of the molecule is CCOC(=O)CC#Cc1ccc(O)cc1Cl. The van der Waals surface area contributed by atoms with Crippen LogP contribution in [-0.4, -0.2) is 17.7 Å². The van der Waals surface area contributed by atoms with E-state index in [1.807, 2.05) is 0 Å². The lowest BCUT2D eigenvalue weighted by Gasteiger charge is -1.97. The second-order valence-electron chi connectivity index (χ2n) is 2.95. The summed E-state index contributed by atoms with van der Waals surface area (Å²) in [6, 6.07) is 4.48. The molecule has 1 aromatic carbocycles. The van der Waals surface area contributed by atoms with Crippen LogP contribution in [0.3, 0.4) is 0 Å². The fraction of sp³-hybridized carbons (Fsp3) is 0.250. The minimum absolute atomic E-state index is 0.0328. The molecule has 4 heteroatoms. The number of benzene rings is 1. The largest absolute Gasteiger partial charge is 0.508 e. The molecule has 0 aromatic heterocycles. The highest BCUT2D eigenvalue weighted by Gasteiger charge is 1.99. The van der Waals surface area contributed by atoms with E-state index in [9.17, 15) is 4.79 Å². The zero-order valence-corrected chi connectivity index (χ0v) is 9.54. The lowest BCUT2D eigenvalue weighted by Crippen LogP contribution is -2.01. The third kappa shape index (κ3) is 3.84. The summed E-state index contributed by atoms with van der Waals surface area (Å²) in [6.07, 6.45) is 0.0328. The maximum atomic E-state index is 11.0.